The molecular formula is C38H43BrN6O7. The van der Waals surface area contributed by atoms with Crippen LogP contribution in [0.25, 0.3) is 11.0 Å². The Labute approximate surface area is 310 Å². The van der Waals surface area contributed by atoms with Crippen molar-refractivity contribution in [1.29, 1.82) is 0 Å². The third-order valence-electron chi connectivity index (χ3n) is 10.5. The van der Waals surface area contributed by atoms with Crippen LogP contribution in [0.15, 0.2) is 77.3 Å². The molecule has 13 nitrogen and oxygen atoms in total. The predicted molar refractivity (Wildman–Crippen MR) is 193 cm³/mol. The number of aromatic nitrogens is 3. The van der Waals surface area contributed by atoms with Crippen molar-refractivity contribution in [3.05, 3.63) is 82.9 Å². The van der Waals surface area contributed by atoms with Crippen molar-refractivity contribution >= 4 is 50.7 Å². The highest BCUT2D eigenvalue weighted by Gasteiger charge is 2.75. The molecule has 5 bridgehead atoms. The van der Waals surface area contributed by atoms with E-state index >= 15 is 4.79 Å². The van der Waals surface area contributed by atoms with E-state index in [-0.39, 0.29) is 50.5 Å². The fourth-order valence-corrected chi connectivity index (χ4v) is 8.80. The van der Waals surface area contributed by atoms with Crippen molar-refractivity contribution in [2.75, 3.05) is 19.7 Å². The zero-order valence-corrected chi connectivity index (χ0v) is 30.6. The van der Waals surface area contributed by atoms with Gasteiger partial charge in [0.15, 0.2) is 0 Å². The van der Waals surface area contributed by atoms with Crippen LogP contribution in [-0.4, -0.2) is 97.1 Å². The zero-order valence-electron chi connectivity index (χ0n) is 29.0. The number of hydrogen-bond acceptors (Lipinski definition) is 9. The summed E-state index contributed by atoms with van der Waals surface area (Å²) in [6, 6.07) is 15.0. The van der Waals surface area contributed by atoms with Gasteiger partial charge in [-0.1, -0.05) is 88.6 Å². The second-order valence-corrected chi connectivity index (χ2v) is 14.8. The molecule has 2 fully saturated rings. The van der Waals surface area contributed by atoms with Gasteiger partial charge in [0, 0.05) is 30.6 Å². The Kier molecular flexibility index (Phi) is 10.6. The maximum absolute atomic E-state index is 15.1. The molecule has 3 amide bonds. The average molecular weight is 776 g/mol. The molecule has 14 heteroatoms. The summed E-state index contributed by atoms with van der Waals surface area (Å²) in [7, 11) is 0. The van der Waals surface area contributed by atoms with Crippen LogP contribution in [-0.2, 0) is 35.3 Å². The number of para-hydroxylation sites is 1. The number of nitrogens with zero attached hydrogens (tertiary/aromatic N) is 5. The highest BCUT2D eigenvalue weighted by Crippen LogP contribution is 2.59. The lowest BCUT2D eigenvalue weighted by Crippen LogP contribution is -2.56. The number of fused-ring (bicyclic) bond motifs is 3. The Morgan fingerprint density at radius 1 is 0.962 bits per heavy atom. The van der Waals surface area contributed by atoms with Gasteiger partial charge in [-0.3, -0.25) is 19.2 Å². The van der Waals surface area contributed by atoms with E-state index in [0.717, 1.165) is 18.4 Å². The van der Waals surface area contributed by atoms with E-state index in [0.29, 0.717) is 34.8 Å². The average Bonchev–Trinajstić information content (AvgIpc) is 3.86. The molecule has 52 heavy (non-hydrogen) atoms. The van der Waals surface area contributed by atoms with Crippen LogP contribution in [0.5, 0.6) is 0 Å². The maximum Gasteiger partial charge on any atom is 0.313 e. The molecule has 0 aliphatic carbocycles. The monoisotopic (exact) mass is 774 g/mol. The number of carbonyl (C=O) groups is 4. The first-order valence-corrected chi connectivity index (χ1v) is 18.8. The van der Waals surface area contributed by atoms with E-state index in [1.807, 2.05) is 66.7 Å². The third kappa shape index (κ3) is 6.67. The quantitative estimate of drug-likeness (QED) is 0.188. The molecule has 2 saturated heterocycles. The minimum atomic E-state index is -1.44. The lowest BCUT2D eigenvalue weighted by Gasteiger charge is -2.35. The molecule has 274 valence electrons. The number of nitrogens with one attached hydrogen (secondary N) is 1. The van der Waals surface area contributed by atoms with Crippen LogP contribution in [0.3, 0.4) is 0 Å². The molecule has 3 aromatic rings. The van der Waals surface area contributed by atoms with E-state index < -0.39 is 47.7 Å². The molecule has 1 aromatic heterocycles. The SMILES string of the molecule is C[C@H]1NC(=O)CC/C=C\CN(Cn2nnc3ccccc32)C(=O)[C@@H]2N(CCCCCCO)C(=O)[C@H]3[C@H](C(=O)O[C@@H]1c1ccccc1)[C@H]1O[C@@]23C=C1Br. The number of ether oxygens (including phenoxy) is 2. The van der Waals surface area contributed by atoms with Gasteiger partial charge in [-0.25, -0.2) is 4.68 Å². The number of amides is 3. The van der Waals surface area contributed by atoms with E-state index in [4.69, 9.17) is 9.47 Å². The zero-order chi connectivity index (χ0) is 36.4. The number of likely N-dealkylation sites (tertiary alicyclic amines) is 1. The first kappa shape index (κ1) is 36.0. The van der Waals surface area contributed by atoms with Crippen molar-refractivity contribution < 1.29 is 33.8 Å². The molecular weight excluding hydrogens is 732 g/mol. The van der Waals surface area contributed by atoms with Gasteiger partial charge in [0.25, 0.3) is 5.91 Å². The molecule has 7 rings (SSSR count). The van der Waals surface area contributed by atoms with Crippen LogP contribution in [0, 0.1) is 11.8 Å². The number of halogens is 1. The molecule has 2 N–H and O–H groups in total. The van der Waals surface area contributed by atoms with Crippen molar-refractivity contribution in [2.45, 2.75) is 82.0 Å². The number of allylic oxidation sites excluding steroid dienone is 1. The van der Waals surface area contributed by atoms with Gasteiger partial charge in [-0.2, -0.15) is 0 Å². The van der Waals surface area contributed by atoms with Gasteiger partial charge in [0.05, 0.1) is 17.5 Å². The first-order chi connectivity index (χ1) is 25.2. The van der Waals surface area contributed by atoms with Crippen LogP contribution >= 0.6 is 15.9 Å². The van der Waals surface area contributed by atoms with Crippen LogP contribution in [0.4, 0.5) is 0 Å². The number of aliphatic hydroxyl groups is 1. The largest absolute Gasteiger partial charge is 0.455 e. The number of carbonyl (C=O) groups excluding carboxylic acids is 4. The first-order valence-electron chi connectivity index (χ1n) is 18.0. The fourth-order valence-electron chi connectivity index (χ4n) is 8.07. The second-order valence-electron chi connectivity index (χ2n) is 13.9. The van der Waals surface area contributed by atoms with Gasteiger partial charge < -0.3 is 29.7 Å². The Balaban J connectivity index is 1.29. The number of cyclic esters (lactones) is 1. The van der Waals surface area contributed by atoms with E-state index in [1.54, 1.807) is 27.5 Å². The summed E-state index contributed by atoms with van der Waals surface area (Å²) >= 11 is 3.63. The maximum atomic E-state index is 15.1. The lowest BCUT2D eigenvalue weighted by atomic mass is 9.74. The van der Waals surface area contributed by atoms with E-state index in [2.05, 4.69) is 31.6 Å². The van der Waals surface area contributed by atoms with Gasteiger partial charge in [-0.15, -0.1) is 5.10 Å². The van der Waals surface area contributed by atoms with Crippen molar-refractivity contribution in [2.24, 2.45) is 11.8 Å². The molecule has 4 aliphatic heterocycles. The Hall–Kier alpha value is -4.40. The van der Waals surface area contributed by atoms with Gasteiger partial charge in [0.1, 0.15) is 42.0 Å². The minimum absolute atomic E-state index is 0.0377. The normalized spacial score (nSPS) is 30.0. The Bertz CT molecular complexity index is 1880. The summed E-state index contributed by atoms with van der Waals surface area (Å²) in [6.07, 6.45) is 7.20. The summed E-state index contributed by atoms with van der Waals surface area (Å²) in [6.45, 7) is 2.35. The summed E-state index contributed by atoms with van der Waals surface area (Å²) in [5, 5.41) is 20.9. The number of rotatable bonds is 9. The molecule has 0 saturated carbocycles. The van der Waals surface area contributed by atoms with Gasteiger partial charge in [-0.05, 0) is 50.0 Å². The molecule has 7 atom stereocenters. The highest BCUT2D eigenvalue weighted by molar-refractivity contribution is 9.11. The van der Waals surface area contributed by atoms with E-state index in [9.17, 15) is 19.5 Å². The number of aliphatic hydroxyl groups excluding tert-OH is 1. The standard InChI is InChI=1S/C38H43BrN6O7/c1-24-32(25-14-6-4-7-15-25)51-37(50)30-31-35(48)44(20-12-2-3-13-21-46)34(38(31)22-26(39)33(30)52-38)36(49)43(19-11-5-8-18-29(47)40-24)23-45-28-17-10-9-16-27(28)41-42-45/h4-7,9-11,14-17,22,24,30-34,46H,2-3,8,12-13,18-21,23H2,1H3,(H,40,47)/b11-5-/t24-,30+,31-,32+,33+,34+,38-/m1/s1. The van der Waals surface area contributed by atoms with Crippen LogP contribution in [0.1, 0.15) is 57.1 Å². The van der Waals surface area contributed by atoms with Gasteiger partial charge >= 0.3 is 5.97 Å². The molecule has 0 unspecified atom stereocenters. The fraction of sp³-hybridized carbons (Fsp3) is 0.474. The smallest absolute Gasteiger partial charge is 0.313 e. The minimum Gasteiger partial charge on any atom is -0.455 e. The molecule has 1 spiro atoms. The summed E-state index contributed by atoms with van der Waals surface area (Å²) < 4.78 is 15.2. The molecule has 4 aliphatic rings. The lowest BCUT2D eigenvalue weighted by molar-refractivity contribution is -0.161. The summed E-state index contributed by atoms with van der Waals surface area (Å²) in [4.78, 5) is 60.5. The van der Waals surface area contributed by atoms with E-state index in [1.165, 1.54) is 0 Å². The number of unbranched alkanes of at least 4 members (excludes halogenated alkanes) is 3. The van der Waals surface area contributed by atoms with Crippen molar-refractivity contribution in [3.63, 3.8) is 0 Å². The van der Waals surface area contributed by atoms with Crippen LogP contribution < -0.4 is 5.32 Å². The number of esters is 1. The molecule has 0 radical (unpaired) electrons. The Morgan fingerprint density at radius 2 is 1.73 bits per heavy atom. The molecule has 5 heterocycles. The van der Waals surface area contributed by atoms with Gasteiger partial charge in [0.2, 0.25) is 11.8 Å². The topological polar surface area (TPSA) is 156 Å². The van der Waals surface area contributed by atoms with Crippen molar-refractivity contribution in [1.82, 2.24) is 30.1 Å². The summed E-state index contributed by atoms with van der Waals surface area (Å²) in [5.41, 5.74) is 0.676. The number of hydrogen-bond donors (Lipinski definition) is 2. The molecule has 2 aromatic carbocycles. The number of benzene rings is 2. The second kappa shape index (κ2) is 15.3. The third-order valence-corrected chi connectivity index (χ3v) is 11.2. The predicted octanol–water partition coefficient (Wildman–Crippen LogP) is 3.78. The van der Waals surface area contributed by atoms with Crippen LogP contribution in [0.2, 0.25) is 0 Å². The Morgan fingerprint density at radius 3 is 2.54 bits per heavy atom. The highest BCUT2D eigenvalue weighted by atomic mass is 79.9. The van der Waals surface area contributed by atoms with Crippen molar-refractivity contribution in [3.8, 4) is 0 Å². The summed E-state index contributed by atoms with van der Waals surface area (Å²) in [5.74, 6) is -3.62.